The highest BCUT2D eigenvalue weighted by Crippen LogP contribution is 2.31. The summed E-state index contributed by atoms with van der Waals surface area (Å²) in [7, 11) is 0. The normalized spacial score (nSPS) is 28.4. The van der Waals surface area contributed by atoms with Crippen LogP contribution in [0.2, 0.25) is 0 Å². The Balaban J connectivity index is 1.72. The number of piperidine rings is 1. The Labute approximate surface area is 138 Å². The summed E-state index contributed by atoms with van der Waals surface area (Å²) in [5.41, 5.74) is 0.338. The summed E-state index contributed by atoms with van der Waals surface area (Å²) in [5.74, 6) is 0.892. The molecule has 3 nitrogen and oxygen atoms in total. The Morgan fingerprint density at radius 1 is 1.14 bits per heavy atom. The third-order valence-electron chi connectivity index (χ3n) is 5.51. The summed E-state index contributed by atoms with van der Waals surface area (Å²) < 4.78 is 5.92. The number of rotatable bonds is 6. The summed E-state index contributed by atoms with van der Waals surface area (Å²) in [5, 5.41) is 0. The van der Waals surface area contributed by atoms with Gasteiger partial charge in [-0.15, -0.1) is 0 Å². The zero-order chi connectivity index (χ0) is 16.3. The van der Waals surface area contributed by atoms with Crippen molar-refractivity contribution in [2.75, 3.05) is 26.2 Å². The fraction of sp³-hybridized carbons (Fsp3) is 1.00. The Morgan fingerprint density at radius 2 is 1.73 bits per heavy atom. The molecule has 0 radical (unpaired) electrons. The van der Waals surface area contributed by atoms with Gasteiger partial charge >= 0.3 is 0 Å². The molecular weight excluding hydrogens is 272 g/mol. The van der Waals surface area contributed by atoms with Gasteiger partial charge in [0.15, 0.2) is 0 Å². The molecule has 0 N–H and O–H groups in total. The molecule has 0 bridgehead atoms. The fourth-order valence-corrected chi connectivity index (χ4v) is 3.99. The third-order valence-corrected chi connectivity index (χ3v) is 5.51. The molecule has 1 aliphatic carbocycles. The van der Waals surface area contributed by atoms with E-state index in [9.17, 15) is 0 Å². The van der Waals surface area contributed by atoms with Crippen LogP contribution >= 0.6 is 0 Å². The maximum atomic E-state index is 5.92. The van der Waals surface area contributed by atoms with Crippen molar-refractivity contribution in [3.63, 3.8) is 0 Å². The molecule has 0 atom stereocenters. The van der Waals surface area contributed by atoms with E-state index < -0.39 is 0 Å². The van der Waals surface area contributed by atoms with Crippen LogP contribution < -0.4 is 0 Å². The summed E-state index contributed by atoms with van der Waals surface area (Å²) in [4.78, 5) is 5.37. The molecule has 3 heteroatoms. The average molecular weight is 311 g/mol. The smallest absolute Gasteiger partial charge is 0.0608 e. The maximum Gasteiger partial charge on any atom is 0.0608 e. The SMILES string of the molecule is CCN(CC1CCN(C(C)(C)C)CC1)[C@H]1C[C@H](OC(C)C)C1. The highest BCUT2D eigenvalue weighted by Gasteiger charge is 2.35. The molecule has 2 aliphatic rings. The van der Waals surface area contributed by atoms with Crippen molar-refractivity contribution in [3.8, 4) is 0 Å². The molecule has 0 aromatic heterocycles. The van der Waals surface area contributed by atoms with Crippen LogP contribution in [0.3, 0.4) is 0 Å². The largest absolute Gasteiger partial charge is 0.375 e. The van der Waals surface area contributed by atoms with E-state index in [1.54, 1.807) is 0 Å². The van der Waals surface area contributed by atoms with Gasteiger partial charge in [-0.2, -0.15) is 0 Å². The van der Waals surface area contributed by atoms with E-state index >= 15 is 0 Å². The third kappa shape index (κ3) is 4.94. The van der Waals surface area contributed by atoms with E-state index in [2.05, 4.69) is 51.3 Å². The monoisotopic (exact) mass is 310 g/mol. The van der Waals surface area contributed by atoms with Crippen molar-refractivity contribution >= 4 is 0 Å². The van der Waals surface area contributed by atoms with Crippen LogP contribution in [0.1, 0.15) is 67.2 Å². The number of ether oxygens (including phenoxy) is 1. The Kier molecular flexibility index (Phi) is 6.32. The summed E-state index contributed by atoms with van der Waals surface area (Å²) in [6.07, 6.45) is 6.11. The molecule has 2 rings (SSSR count). The molecular formula is C19H38N2O. The molecule has 0 spiro atoms. The van der Waals surface area contributed by atoms with Gasteiger partial charge in [-0.1, -0.05) is 6.92 Å². The van der Waals surface area contributed by atoms with Crippen molar-refractivity contribution in [1.82, 2.24) is 9.80 Å². The lowest BCUT2D eigenvalue weighted by molar-refractivity contribution is -0.0795. The van der Waals surface area contributed by atoms with E-state index in [4.69, 9.17) is 4.74 Å². The van der Waals surface area contributed by atoms with Gasteiger partial charge in [-0.3, -0.25) is 4.90 Å². The number of likely N-dealkylation sites (tertiary alicyclic amines) is 1. The second-order valence-corrected chi connectivity index (χ2v) is 8.62. The number of hydrogen-bond donors (Lipinski definition) is 0. The van der Waals surface area contributed by atoms with Crippen LogP contribution in [0.5, 0.6) is 0 Å². The first-order valence-corrected chi connectivity index (χ1v) is 9.44. The first-order chi connectivity index (χ1) is 10.3. The quantitative estimate of drug-likeness (QED) is 0.742. The second-order valence-electron chi connectivity index (χ2n) is 8.62. The van der Waals surface area contributed by atoms with E-state index in [0.29, 0.717) is 17.7 Å². The van der Waals surface area contributed by atoms with E-state index in [1.165, 1.54) is 51.9 Å². The molecule has 0 unspecified atom stereocenters. The molecule has 1 heterocycles. The summed E-state index contributed by atoms with van der Waals surface area (Å²) in [6.45, 7) is 18.7. The van der Waals surface area contributed by atoms with Gasteiger partial charge in [-0.25, -0.2) is 0 Å². The zero-order valence-corrected chi connectivity index (χ0v) is 15.8. The van der Waals surface area contributed by atoms with Gasteiger partial charge in [0.25, 0.3) is 0 Å². The second kappa shape index (κ2) is 7.63. The van der Waals surface area contributed by atoms with Gasteiger partial charge in [0, 0.05) is 18.1 Å². The molecule has 2 fully saturated rings. The van der Waals surface area contributed by atoms with E-state index in [1.807, 2.05) is 0 Å². The number of hydrogen-bond acceptors (Lipinski definition) is 3. The average Bonchev–Trinajstić information content (AvgIpc) is 2.39. The van der Waals surface area contributed by atoms with Gasteiger partial charge < -0.3 is 9.64 Å². The van der Waals surface area contributed by atoms with Crippen molar-refractivity contribution < 1.29 is 4.74 Å². The Morgan fingerprint density at radius 3 is 2.18 bits per heavy atom. The maximum absolute atomic E-state index is 5.92. The highest BCUT2D eigenvalue weighted by atomic mass is 16.5. The summed E-state index contributed by atoms with van der Waals surface area (Å²) in [6, 6.07) is 0.773. The Hall–Kier alpha value is -0.120. The molecule has 1 saturated carbocycles. The van der Waals surface area contributed by atoms with Crippen LogP contribution in [0.15, 0.2) is 0 Å². The lowest BCUT2D eigenvalue weighted by Crippen LogP contribution is -2.52. The lowest BCUT2D eigenvalue weighted by atomic mass is 9.85. The van der Waals surface area contributed by atoms with Crippen LogP contribution in [0, 0.1) is 5.92 Å². The topological polar surface area (TPSA) is 15.7 Å². The fourth-order valence-electron chi connectivity index (χ4n) is 3.99. The predicted octanol–water partition coefficient (Wildman–Crippen LogP) is 3.77. The first kappa shape index (κ1) is 18.2. The molecule has 130 valence electrons. The van der Waals surface area contributed by atoms with Gasteiger partial charge in [0.05, 0.1) is 12.2 Å². The molecule has 1 saturated heterocycles. The van der Waals surface area contributed by atoms with Crippen LogP contribution in [0.4, 0.5) is 0 Å². The minimum Gasteiger partial charge on any atom is -0.375 e. The standard InChI is InChI=1S/C19H38N2O/c1-7-20(17-12-18(13-17)22-15(2)3)14-16-8-10-21(11-9-16)19(4,5)6/h15-18H,7-14H2,1-6H3/t17-,18-. The van der Waals surface area contributed by atoms with Crippen molar-refractivity contribution in [2.45, 2.75) is 91.0 Å². The number of nitrogens with zero attached hydrogens (tertiary/aromatic N) is 2. The van der Waals surface area contributed by atoms with Gasteiger partial charge in [0.2, 0.25) is 0 Å². The zero-order valence-electron chi connectivity index (χ0n) is 15.8. The summed E-state index contributed by atoms with van der Waals surface area (Å²) >= 11 is 0. The molecule has 0 aromatic carbocycles. The molecule has 0 aromatic rings. The van der Waals surface area contributed by atoms with Crippen LogP contribution in [-0.4, -0.2) is 59.8 Å². The van der Waals surface area contributed by atoms with Crippen molar-refractivity contribution in [2.24, 2.45) is 5.92 Å². The van der Waals surface area contributed by atoms with Crippen LogP contribution in [-0.2, 0) is 4.74 Å². The minimum absolute atomic E-state index is 0.338. The predicted molar refractivity (Wildman–Crippen MR) is 94.3 cm³/mol. The lowest BCUT2D eigenvalue weighted by Gasteiger charge is -2.46. The van der Waals surface area contributed by atoms with Crippen LogP contribution in [0.25, 0.3) is 0 Å². The minimum atomic E-state index is 0.338. The van der Waals surface area contributed by atoms with Gasteiger partial charge in [-0.05, 0) is 85.9 Å². The molecule has 1 aliphatic heterocycles. The Bertz CT molecular complexity index is 323. The highest BCUT2D eigenvalue weighted by molar-refractivity contribution is 4.90. The van der Waals surface area contributed by atoms with Gasteiger partial charge in [0.1, 0.15) is 0 Å². The first-order valence-electron chi connectivity index (χ1n) is 9.44. The van der Waals surface area contributed by atoms with E-state index in [-0.39, 0.29) is 0 Å². The molecule has 0 amide bonds. The molecule has 22 heavy (non-hydrogen) atoms. The van der Waals surface area contributed by atoms with Crippen molar-refractivity contribution in [1.29, 1.82) is 0 Å². The van der Waals surface area contributed by atoms with E-state index in [0.717, 1.165) is 12.0 Å². The van der Waals surface area contributed by atoms with Crippen molar-refractivity contribution in [3.05, 3.63) is 0 Å².